The van der Waals surface area contributed by atoms with E-state index in [0.717, 1.165) is 26.1 Å². The van der Waals surface area contributed by atoms with Gasteiger partial charge in [-0.25, -0.2) is 9.97 Å². The van der Waals surface area contributed by atoms with Gasteiger partial charge in [0.2, 0.25) is 0 Å². The smallest absolute Gasteiger partial charge is 0.141 e. The van der Waals surface area contributed by atoms with Gasteiger partial charge in [-0.2, -0.15) is 0 Å². The first kappa shape index (κ1) is 12.4. The molecule has 2 rings (SSSR count). The predicted molar refractivity (Wildman–Crippen MR) is 60.0 cm³/mol. The number of aromatic nitrogens is 2. The minimum absolute atomic E-state index is 0. The number of rotatable bonds is 2. The minimum atomic E-state index is 0. The highest BCUT2D eigenvalue weighted by Crippen LogP contribution is 2.25. The van der Waals surface area contributed by atoms with E-state index < -0.39 is 0 Å². The van der Waals surface area contributed by atoms with Crippen molar-refractivity contribution >= 4 is 12.4 Å². The van der Waals surface area contributed by atoms with Crippen LogP contribution in [0.3, 0.4) is 0 Å². The van der Waals surface area contributed by atoms with E-state index in [9.17, 15) is 0 Å². The lowest BCUT2D eigenvalue weighted by atomic mass is 9.94. The van der Waals surface area contributed by atoms with E-state index in [1.54, 1.807) is 0 Å². The molecular weight excluding hydrogens is 214 g/mol. The molecule has 1 aliphatic rings. The van der Waals surface area contributed by atoms with E-state index in [4.69, 9.17) is 10.5 Å². The Kier molecular flexibility index (Phi) is 4.94. The van der Waals surface area contributed by atoms with Crippen LogP contribution in [-0.2, 0) is 11.3 Å². The van der Waals surface area contributed by atoms with Crippen molar-refractivity contribution in [2.45, 2.75) is 25.3 Å². The molecule has 15 heavy (non-hydrogen) atoms. The highest BCUT2D eigenvalue weighted by Gasteiger charge is 2.16. The molecule has 1 aromatic heterocycles. The topological polar surface area (TPSA) is 61.0 Å². The van der Waals surface area contributed by atoms with Gasteiger partial charge in [0.1, 0.15) is 5.82 Å². The molecule has 0 spiro atoms. The maximum Gasteiger partial charge on any atom is 0.141 e. The van der Waals surface area contributed by atoms with Crippen LogP contribution in [0.1, 0.15) is 30.1 Å². The number of halogens is 1. The monoisotopic (exact) mass is 229 g/mol. The molecule has 0 aliphatic carbocycles. The Labute approximate surface area is 95.7 Å². The number of nitrogens with zero attached hydrogens (tertiary/aromatic N) is 2. The van der Waals surface area contributed by atoms with E-state index in [0.29, 0.717) is 18.3 Å². The molecule has 1 saturated heterocycles. The third-order valence-corrected chi connectivity index (χ3v) is 2.60. The van der Waals surface area contributed by atoms with Crippen LogP contribution in [0.4, 0.5) is 0 Å². The molecule has 0 radical (unpaired) electrons. The molecule has 4 nitrogen and oxygen atoms in total. The predicted octanol–water partition coefficient (Wildman–Crippen LogP) is 1.25. The van der Waals surface area contributed by atoms with Gasteiger partial charge in [-0.1, -0.05) is 0 Å². The molecule has 0 aromatic carbocycles. The van der Waals surface area contributed by atoms with Gasteiger partial charge in [-0.3, -0.25) is 0 Å². The second kappa shape index (κ2) is 6.00. The molecule has 2 N–H and O–H groups in total. The number of ether oxygens (including phenoxy) is 1. The summed E-state index contributed by atoms with van der Waals surface area (Å²) in [5.74, 6) is 1.27. The van der Waals surface area contributed by atoms with Crippen LogP contribution in [0, 0.1) is 0 Å². The maximum atomic E-state index is 5.43. The molecule has 0 amide bonds. The lowest BCUT2D eigenvalue weighted by molar-refractivity contribution is 0.0852. The summed E-state index contributed by atoms with van der Waals surface area (Å²) in [6, 6.07) is 0. The molecule has 5 heteroatoms. The lowest BCUT2D eigenvalue weighted by Gasteiger charge is -2.21. The van der Waals surface area contributed by atoms with Crippen LogP contribution in [0.15, 0.2) is 12.4 Å². The molecule has 84 valence electrons. The summed E-state index contributed by atoms with van der Waals surface area (Å²) in [6.07, 6.45) is 5.94. The van der Waals surface area contributed by atoms with Gasteiger partial charge < -0.3 is 10.5 Å². The fourth-order valence-corrected chi connectivity index (χ4v) is 1.71. The fourth-order valence-electron chi connectivity index (χ4n) is 1.71. The second-order valence-corrected chi connectivity index (χ2v) is 3.52. The highest BCUT2D eigenvalue weighted by atomic mass is 35.5. The molecule has 1 fully saturated rings. The summed E-state index contributed by atoms with van der Waals surface area (Å²) in [5.41, 5.74) is 6.65. The van der Waals surface area contributed by atoms with E-state index in [-0.39, 0.29) is 12.4 Å². The van der Waals surface area contributed by atoms with Crippen molar-refractivity contribution in [2.24, 2.45) is 5.73 Å². The van der Waals surface area contributed by atoms with Crippen LogP contribution in [0.5, 0.6) is 0 Å². The third kappa shape index (κ3) is 3.12. The average molecular weight is 230 g/mol. The first-order valence-electron chi connectivity index (χ1n) is 4.99. The van der Waals surface area contributed by atoms with E-state index in [1.807, 2.05) is 12.4 Å². The first-order valence-corrected chi connectivity index (χ1v) is 4.99. The summed E-state index contributed by atoms with van der Waals surface area (Å²) < 4.78 is 5.31. The zero-order valence-corrected chi connectivity index (χ0v) is 9.37. The van der Waals surface area contributed by atoms with E-state index >= 15 is 0 Å². The minimum Gasteiger partial charge on any atom is -0.381 e. The van der Waals surface area contributed by atoms with Crippen LogP contribution < -0.4 is 5.73 Å². The molecule has 0 unspecified atom stereocenters. The quantitative estimate of drug-likeness (QED) is 0.829. The van der Waals surface area contributed by atoms with Crippen molar-refractivity contribution in [1.29, 1.82) is 0 Å². The van der Waals surface area contributed by atoms with Crippen molar-refractivity contribution in [2.75, 3.05) is 13.2 Å². The zero-order valence-electron chi connectivity index (χ0n) is 8.56. The van der Waals surface area contributed by atoms with E-state index in [2.05, 4.69) is 9.97 Å². The van der Waals surface area contributed by atoms with Gasteiger partial charge in [0, 0.05) is 25.6 Å². The van der Waals surface area contributed by atoms with Crippen molar-refractivity contribution < 1.29 is 4.74 Å². The Morgan fingerprint density at radius 2 is 1.87 bits per heavy atom. The fraction of sp³-hybridized carbons (Fsp3) is 0.600. The van der Waals surface area contributed by atoms with Gasteiger partial charge in [0.25, 0.3) is 0 Å². The van der Waals surface area contributed by atoms with E-state index in [1.165, 1.54) is 5.56 Å². The Morgan fingerprint density at radius 1 is 1.27 bits per heavy atom. The largest absolute Gasteiger partial charge is 0.381 e. The summed E-state index contributed by atoms with van der Waals surface area (Å²) in [7, 11) is 0. The molecular formula is C10H16ClN3O. The Hall–Kier alpha value is -0.710. The van der Waals surface area contributed by atoms with Crippen molar-refractivity contribution in [3.05, 3.63) is 23.8 Å². The molecule has 2 heterocycles. The van der Waals surface area contributed by atoms with Gasteiger partial charge in [0.15, 0.2) is 0 Å². The van der Waals surface area contributed by atoms with Crippen LogP contribution in [-0.4, -0.2) is 23.2 Å². The molecule has 1 aromatic rings. The third-order valence-electron chi connectivity index (χ3n) is 2.60. The average Bonchev–Trinajstić information content (AvgIpc) is 2.30. The van der Waals surface area contributed by atoms with Crippen LogP contribution >= 0.6 is 12.4 Å². The van der Waals surface area contributed by atoms with Gasteiger partial charge in [-0.15, -0.1) is 12.4 Å². The Morgan fingerprint density at radius 3 is 2.40 bits per heavy atom. The van der Waals surface area contributed by atoms with Crippen molar-refractivity contribution in [1.82, 2.24) is 9.97 Å². The molecule has 0 atom stereocenters. The number of hydrogen-bond acceptors (Lipinski definition) is 4. The lowest BCUT2D eigenvalue weighted by Crippen LogP contribution is -2.15. The summed E-state index contributed by atoms with van der Waals surface area (Å²) in [5, 5.41) is 0. The molecule has 0 bridgehead atoms. The van der Waals surface area contributed by atoms with Crippen molar-refractivity contribution in [3.63, 3.8) is 0 Å². The highest BCUT2D eigenvalue weighted by molar-refractivity contribution is 5.85. The summed E-state index contributed by atoms with van der Waals surface area (Å²) in [6.45, 7) is 2.11. The number of nitrogens with two attached hydrogens (primary N) is 1. The van der Waals surface area contributed by atoms with Crippen LogP contribution in [0.2, 0.25) is 0 Å². The van der Waals surface area contributed by atoms with Crippen molar-refractivity contribution in [3.8, 4) is 0 Å². The standard InChI is InChI=1S/C10H15N3O.ClH/c11-5-10-12-6-9(7-13-10)8-1-3-14-4-2-8;/h6-8H,1-5,11H2;1H. The maximum absolute atomic E-state index is 5.43. The number of hydrogen-bond donors (Lipinski definition) is 1. The first-order chi connectivity index (χ1) is 6.90. The van der Waals surface area contributed by atoms with Gasteiger partial charge >= 0.3 is 0 Å². The SMILES string of the molecule is Cl.NCc1ncc(C2CCOCC2)cn1. The Balaban J connectivity index is 0.00000112. The zero-order chi connectivity index (χ0) is 9.80. The van der Waals surface area contributed by atoms with Crippen LogP contribution in [0.25, 0.3) is 0 Å². The second-order valence-electron chi connectivity index (χ2n) is 3.52. The summed E-state index contributed by atoms with van der Waals surface area (Å²) >= 11 is 0. The van der Waals surface area contributed by atoms with Gasteiger partial charge in [0.05, 0.1) is 6.54 Å². The molecule has 1 aliphatic heterocycles. The Bertz CT molecular complexity index is 285. The van der Waals surface area contributed by atoms with Gasteiger partial charge in [-0.05, 0) is 24.3 Å². The summed E-state index contributed by atoms with van der Waals surface area (Å²) in [4.78, 5) is 8.39. The normalized spacial score (nSPS) is 17.1. The molecule has 0 saturated carbocycles.